The van der Waals surface area contributed by atoms with E-state index in [9.17, 15) is 4.79 Å². The van der Waals surface area contributed by atoms with E-state index in [-0.39, 0.29) is 5.91 Å². The molecular weight excluding hydrogens is 386 g/mol. The Hall–Kier alpha value is -2.18. The van der Waals surface area contributed by atoms with Gasteiger partial charge in [-0.1, -0.05) is 45.5 Å². The van der Waals surface area contributed by atoms with Crippen molar-refractivity contribution in [3.05, 3.63) is 69.1 Å². The van der Waals surface area contributed by atoms with E-state index >= 15 is 0 Å². The Labute approximate surface area is 153 Å². The van der Waals surface area contributed by atoms with Crippen molar-refractivity contribution in [3.8, 4) is 0 Å². The Morgan fingerprint density at radius 1 is 1.08 bits per heavy atom. The van der Waals surface area contributed by atoms with Crippen LogP contribution in [0.2, 0.25) is 0 Å². The first-order valence-corrected chi connectivity index (χ1v) is 9.00. The molecule has 1 heterocycles. The van der Waals surface area contributed by atoms with Gasteiger partial charge in [0.1, 0.15) is 4.88 Å². The number of benzene rings is 2. The zero-order chi connectivity index (χ0) is 17.1. The molecule has 2 aromatic carbocycles. The van der Waals surface area contributed by atoms with Gasteiger partial charge in [-0.3, -0.25) is 4.79 Å². The zero-order valence-electron chi connectivity index (χ0n) is 13.3. The van der Waals surface area contributed by atoms with Crippen molar-refractivity contribution in [2.45, 2.75) is 13.8 Å². The summed E-state index contributed by atoms with van der Waals surface area (Å²) in [6, 6.07) is 15.5. The van der Waals surface area contributed by atoms with Crippen LogP contribution in [0.4, 0.5) is 16.5 Å². The standard InChI is InChI=1S/C18H16BrN3OS/c1-11-5-3-7-14(9-11)22-18-20-12(2)16(24-18)17(23)21-15-8-4-6-13(19)10-15/h3-10H,1-2H3,(H,20,22)(H,21,23). The third-order valence-electron chi connectivity index (χ3n) is 3.35. The lowest BCUT2D eigenvalue weighted by Gasteiger charge is -2.04. The number of nitrogens with zero attached hydrogens (tertiary/aromatic N) is 1. The highest BCUT2D eigenvalue weighted by atomic mass is 79.9. The molecule has 0 aliphatic rings. The number of rotatable bonds is 4. The van der Waals surface area contributed by atoms with Crippen LogP contribution in [0.15, 0.2) is 53.0 Å². The molecular formula is C18H16BrN3OS. The predicted molar refractivity (Wildman–Crippen MR) is 103 cm³/mol. The Bertz CT molecular complexity index is 891. The van der Waals surface area contributed by atoms with Crippen molar-refractivity contribution in [1.29, 1.82) is 0 Å². The minimum absolute atomic E-state index is 0.152. The van der Waals surface area contributed by atoms with Crippen LogP contribution < -0.4 is 10.6 Å². The topological polar surface area (TPSA) is 54.0 Å². The van der Waals surface area contributed by atoms with Gasteiger partial charge in [0.05, 0.1) is 5.69 Å². The quantitative estimate of drug-likeness (QED) is 0.604. The van der Waals surface area contributed by atoms with Crippen LogP contribution in [0, 0.1) is 13.8 Å². The number of hydrogen-bond donors (Lipinski definition) is 2. The van der Waals surface area contributed by atoms with Gasteiger partial charge in [-0.2, -0.15) is 0 Å². The van der Waals surface area contributed by atoms with E-state index in [1.807, 2.05) is 62.4 Å². The highest BCUT2D eigenvalue weighted by Crippen LogP contribution is 2.27. The van der Waals surface area contributed by atoms with E-state index in [0.29, 0.717) is 15.7 Å². The molecule has 0 radical (unpaired) electrons. The number of thiazole rings is 1. The van der Waals surface area contributed by atoms with Crippen LogP contribution >= 0.6 is 27.3 Å². The van der Waals surface area contributed by atoms with Crippen molar-refractivity contribution in [1.82, 2.24) is 4.98 Å². The normalized spacial score (nSPS) is 10.5. The predicted octanol–water partition coefficient (Wildman–Crippen LogP) is 5.52. The van der Waals surface area contributed by atoms with Crippen molar-refractivity contribution in [2.75, 3.05) is 10.6 Å². The van der Waals surface area contributed by atoms with Gasteiger partial charge in [0, 0.05) is 15.8 Å². The minimum atomic E-state index is -0.152. The van der Waals surface area contributed by atoms with Gasteiger partial charge in [-0.05, 0) is 49.7 Å². The number of amides is 1. The highest BCUT2D eigenvalue weighted by Gasteiger charge is 2.15. The van der Waals surface area contributed by atoms with Crippen molar-refractivity contribution >= 4 is 49.7 Å². The van der Waals surface area contributed by atoms with E-state index in [1.165, 1.54) is 16.9 Å². The summed E-state index contributed by atoms with van der Waals surface area (Å²) in [6.07, 6.45) is 0. The molecule has 1 aromatic heterocycles. The molecule has 2 N–H and O–H groups in total. The number of aryl methyl sites for hydroxylation is 2. The van der Waals surface area contributed by atoms with Gasteiger partial charge in [0.2, 0.25) is 0 Å². The van der Waals surface area contributed by atoms with Crippen LogP contribution in [-0.4, -0.2) is 10.9 Å². The molecule has 0 atom stereocenters. The molecule has 3 aromatic rings. The molecule has 0 fully saturated rings. The Balaban J connectivity index is 1.77. The number of aromatic nitrogens is 1. The lowest BCUT2D eigenvalue weighted by atomic mass is 10.2. The Morgan fingerprint density at radius 3 is 2.58 bits per heavy atom. The molecule has 0 saturated carbocycles. The third-order valence-corrected chi connectivity index (χ3v) is 4.92. The second-order valence-corrected chi connectivity index (χ2v) is 7.31. The maximum absolute atomic E-state index is 12.5. The lowest BCUT2D eigenvalue weighted by molar-refractivity contribution is 0.103. The van der Waals surface area contributed by atoms with E-state index < -0.39 is 0 Å². The first-order valence-electron chi connectivity index (χ1n) is 7.39. The maximum Gasteiger partial charge on any atom is 0.267 e. The summed E-state index contributed by atoms with van der Waals surface area (Å²) in [5, 5.41) is 6.86. The fraction of sp³-hybridized carbons (Fsp3) is 0.111. The smallest absolute Gasteiger partial charge is 0.267 e. The maximum atomic E-state index is 12.5. The molecule has 0 aliphatic heterocycles. The van der Waals surface area contributed by atoms with E-state index in [2.05, 4.69) is 31.5 Å². The molecule has 6 heteroatoms. The number of hydrogen-bond acceptors (Lipinski definition) is 4. The van der Waals surface area contributed by atoms with Crippen LogP contribution in [0.25, 0.3) is 0 Å². The summed E-state index contributed by atoms with van der Waals surface area (Å²) in [6.45, 7) is 3.88. The van der Waals surface area contributed by atoms with Gasteiger partial charge in [-0.25, -0.2) is 4.98 Å². The molecule has 0 aliphatic carbocycles. The van der Waals surface area contributed by atoms with Gasteiger partial charge in [0.25, 0.3) is 5.91 Å². The molecule has 3 rings (SSSR count). The van der Waals surface area contributed by atoms with E-state index in [1.54, 1.807) is 0 Å². The lowest BCUT2D eigenvalue weighted by Crippen LogP contribution is -2.11. The molecule has 1 amide bonds. The minimum Gasteiger partial charge on any atom is -0.332 e. The van der Waals surface area contributed by atoms with Crippen LogP contribution in [0.5, 0.6) is 0 Å². The molecule has 4 nitrogen and oxygen atoms in total. The Morgan fingerprint density at radius 2 is 1.83 bits per heavy atom. The summed E-state index contributed by atoms with van der Waals surface area (Å²) in [7, 11) is 0. The number of carbonyl (C=O) groups is 1. The van der Waals surface area contributed by atoms with Gasteiger partial charge < -0.3 is 10.6 Å². The average Bonchev–Trinajstić information content (AvgIpc) is 2.88. The summed E-state index contributed by atoms with van der Waals surface area (Å²) in [5.41, 5.74) is 3.58. The number of nitrogens with one attached hydrogen (secondary N) is 2. The highest BCUT2D eigenvalue weighted by molar-refractivity contribution is 9.10. The SMILES string of the molecule is Cc1cccc(Nc2nc(C)c(C(=O)Nc3cccc(Br)c3)s2)c1. The van der Waals surface area contributed by atoms with Crippen LogP contribution in [0.1, 0.15) is 20.9 Å². The van der Waals surface area contributed by atoms with Crippen molar-refractivity contribution in [2.24, 2.45) is 0 Å². The third kappa shape index (κ3) is 4.01. The van der Waals surface area contributed by atoms with Gasteiger partial charge >= 0.3 is 0 Å². The van der Waals surface area contributed by atoms with E-state index in [0.717, 1.165) is 15.8 Å². The molecule has 0 spiro atoms. The molecule has 0 unspecified atom stereocenters. The first kappa shape index (κ1) is 16.7. The monoisotopic (exact) mass is 401 g/mol. The van der Waals surface area contributed by atoms with Crippen molar-refractivity contribution in [3.63, 3.8) is 0 Å². The second-order valence-electron chi connectivity index (χ2n) is 5.39. The molecule has 122 valence electrons. The number of halogens is 1. The van der Waals surface area contributed by atoms with Gasteiger partial charge in [0.15, 0.2) is 5.13 Å². The average molecular weight is 402 g/mol. The molecule has 24 heavy (non-hydrogen) atoms. The molecule has 0 saturated heterocycles. The van der Waals surface area contributed by atoms with Crippen molar-refractivity contribution < 1.29 is 4.79 Å². The van der Waals surface area contributed by atoms with Gasteiger partial charge in [-0.15, -0.1) is 0 Å². The Kier molecular flexibility index (Phi) is 4.97. The summed E-state index contributed by atoms with van der Waals surface area (Å²) in [5.74, 6) is -0.152. The zero-order valence-corrected chi connectivity index (χ0v) is 15.7. The number of carbonyl (C=O) groups excluding carboxylic acids is 1. The summed E-state index contributed by atoms with van der Waals surface area (Å²) >= 11 is 4.74. The van der Waals surface area contributed by atoms with E-state index in [4.69, 9.17) is 0 Å². The second kappa shape index (κ2) is 7.15. The summed E-state index contributed by atoms with van der Waals surface area (Å²) < 4.78 is 0.920. The first-order chi connectivity index (χ1) is 11.5. The fourth-order valence-electron chi connectivity index (χ4n) is 2.26. The summed E-state index contributed by atoms with van der Waals surface area (Å²) in [4.78, 5) is 17.5. The fourth-order valence-corrected chi connectivity index (χ4v) is 3.54. The van der Waals surface area contributed by atoms with Crippen LogP contribution in [-0.2, 0) is 0 Å². The van der Waals surface area contributed by atoms with Crippen LogP contribution in [0.3, 0.4) is 0 Å². The number of anilines is 3. The largest absolute Gasteiger partial charge is 0.332 e. The molecule has 0 bridgehead atoms.